The summed E-state index contributed by atoms with van der Waals surface area (Å²) < 4.78 is 11.4. The standard InChI is InChI=1S/C21H34N2O3/c1-21(2)9-6-12-23(21)14-17-7-8-19(20(13-17)25-3)26-16-18(24)15-22-10-4-5-11-22/h7-8,13,18,24H,4-6,9-12,14-16H2,1-3H3/t18-/m1/s1. The molecule has 1 atom stereocenters. The number of hydrogen-bond donors (Lipinski definition) is 1. The van der Waals surface area contributed by atoms with Gasteiger partial charge in [-0.1, -0.05) is 6.07 Å². The predicted molar refractivity (Wildman–Crippen MR) is 104 cm³/mol. The van der Waals surface area contributed by atoms with Crippen molar-refractivity contribution in [2.45, 2.75) is 57.7 Å². The molecule has 2 saturated heterocycles. The number of aliphatic hydroxyl groups excluding tert-OH is 1. The van der Waals surface area contributed by atoms with Gasteiger partial charge in [0.05, 0.1) is 7.11 Å². The van der Waals surface area contributed by atoms with E-state index in [0.29, 0.717) is 18.9 Å². The minimum Gasteiger partial charge on any atom is -0.493 e. The number of ether oxygens (including phenoxy) is 2. The second-order valence-corrected chi connectivity index (χ2v) is 8.30. The lowest BCUT2D eigenvalue weighted by molar-refractivity contribution is 0.0746. The number of aliphatic hydroxyl groups is 1. The molecule has 1 N–H and O–H groups in total. The predicted octanol–water partition coefficient (Wildman–Crippen LogP) is 2.91. The lowest BCUT2D eigenvalue weighted by atomic mass is 10.0. The molecular weight excluding hydrogens is 328 g/mol. The molecular formula is C21H34N2O3. The van der Waals surface area contributed by atoms with Crippen molar-refractivity contribution in [3.05, 3.63) is 23.8 Å². The minimum atomic E-state index is -0.470. The van der Waals surface area contributed by atoms with Gasteiger partial charge in [0.15, 0.2) is 11.5 Å². The van der Waals surface area contributed by atoms with E-state index in [0.717, 1.165) is 31.9 Å². The molecule has 1 aromatic carbocycles. The fourth-order valence-electron chi connectivity index (χ4n) is 4.11. The third kappa shape index (κ3) is 4.90. The SMILES string of the molecule is COc1cc(CN2CCCC2(C)C)ccc1OC[C@H](O)CN1CCCC1. The minimum absolute atomic E-state index is 0.266. The van der Waals surface area contributed by atoms with E-state index in [4.69, 9.17) is 9.47 Å². The van der Waals surface area contributed by atoms with Crippen molar-refractivity contribution >= 4 is 0 Å². The molecule has 2 aliphatic rings. The number of nitrogens with zero attached hydrogens (tertiary/aromatic N) is 2. The smallest absolute Gasteiger partial charge is 0.161 e. The highest BCUT2D eigenvalue weighted by Crippen LogP contribution is 2.33. The van der Waals surface area contributed by atoms with Crippen LogP contribution in [0.2, 0.25) is 0 Å². The van der Waals surface area contributed by atoms with Crippen LogP contribution >= 0.6 is 0 Å². The first kappa shape index (κ1) is 19.5. The Balaban J connectivity index is 1.56. The maximum Gasteiger partial charge on any atom is 0.161 e. The van der Waals surface area contributed by atoms with Crippen molar-refractivity contribution < 1.29 is 14.6 Å². The summed E-state index contributed by atoms with van der Waals surface area (Å²) in [6, 6.07) is 6.15. The molecule has 0 radical (unpaired) electrons. The van der Waals surface area contributed by atoms with Gasteiger partial charge in [0, 0.05) is 18.6 Å². The summed E-state index contributed by atoms with van der Waals surface area (Å²) in [6.07, 6.45) is 4.51. The van der Waals surface area contributed by atoms with Gasteiger partial charge in [0.1, 0.15) is 12.7 Å². The average molecular weight is 363 g/mol. The van der Waals surface area contributed by atoms with Crippen molar-refractivity contribution in [3.8, 4) is 11.5 Å². The van der Waals surface area contributed by atoms with E-state index in [-0.39, 0.29) is 5.54 Å². The lowest BCUT2D eigenvalue weighted by Crippen LogP contribution is -2.37. The summed E-state index contributed by atoms with van der Waals surface area (Å²) in [7, 11) is 1.67. The molecule has 146 valence electrons. The highest BCUT2D eigenvalue weighted by Gasteiger charge is 2.31. The van der Waals surface area contributed by atoms with Crippen LogP contribution in [0.5, 0.6) is 11.5 Å². The number of benzene rings is 1. The topological polar surface area (TPSA) is 45.2 Å². The molecule has 0 unspecified atom stereocenters. The number of hydrogen-bond acceptors (Lipinski definition) is 5. The Morgan fingerprint density at radius 2 is 1.88 bits per heavy atom. The number of rotatable bonds is 8. The van der Waals surface area contributed by atoms with Gasteiger partial charge < -0.3 is 19.5 Å². The third-order valence-electron chi connectivity index (χ3n) is 5.77. The molecule has 0 saturated carbocycles. The maximum atomic E-state index is 10.2. The van der Waals surface area contributed by atoms with E-state index in [1.54, 1.807) is 7.11 Å². The summed E-state index contributed by atoms with van der Waals surface area (Å²) in [5.74, 6) is 1.45. The fraction of sp³-hybridized carbons (Fsp3) is 0.714. The Bertz CT molecular complexity index is 585. The van der Waals surface area contributed by atoms with Gasteiger partial charge >= 0.3 is 0 Å². The molecule has 0 spiro atoms. The first-order valence-corrected chi connectivity index (χ1v) is 9.93. The average Bonchev–Trinajstić information content (AvgIpc) is 3.23. The van der Waals surface area contributed by atoms with E-state index in [2.05, 4.69) is 35.8 Å². The van der Waals surface area contributed by atoms with Crippen LogP contribution in [0.3, 0.4) is 0 Å². The van der Waals surface area contributed by atoms with E-state index in [9.17, 15) is 5.11 Å². The highest BCUT2D eigenvalue weighted by molar-refractivity contribution is 5.43. The quantitative estimate of drug-likeness (QED) is 0.770. The zero-order valence-electron chi connectivity index (χ0n) is 16.5. The first-order valence-electron chi connectivity index (χ1n) is 9.93. The van der Waals surface area contributed by atoms with Crippen molar-refractivity contribution in [1.29, 1.82) is 0 Å². The normalized spacial score (nSPS) is 21.8. The second kappa shape index (κ2) is 8.59. The third-order valence-corrected chi connectivity index (χ3v) is 5.77. The van der Waals surface area contributed by atoms with Crippen LogP contribution in [0.25, 0.3) is 0 Å². The summed E-state index contributed by atoms with van der Waals surface area (Å²) >= 11 is 0. The van der Waals surface area contributed by atoms with Gasteiger partial charge in [-0.2, -0.15) is 0 Å². The molecule has 0 aromatic heterocycles. The van der Waals surface area contributed by atoms with Gasteiger partial charge in [-0.25, -0.2) is 0 Å². The highest BCUT2D eigenvalue weighted by atomic mass is 16.5. The summed E-state index contributed by atoms with van der Waals surface area (Å²) in [6.45, 7) is 9.87. The van der Waals surface area contributed by atoms with Crippen LogP contribution in [-0.4, -0.2) is 66.4 Å². The van der Waals surface area contributed by atoms with E-state index < -0.39 is 6.10 Å². The molecule has 3 rings (SSSR count). The number of methoxy groups -OCH3 is 1. The first-order chi connectivity index (χ1) is 12.5. The van der Waals surface area contributed by atoms with E-state index in [1.165, 1.54) is 31.2 Å². The van der Waals surface area contributed by atoms with Gasteiger partial charge in [-0.3, -0.25) is 4.90 Å². The van der Waals surface area contributed by atoms with E-state index in [1.807, 2.05) is 6.07 Å². The van der Waals surface area contributed by atoms with Crippen molar-refractivity contribution in [2.75, 3.05) is 39.9 Å². The van der Waals surface area contributed by atoms with Crippen LogP contribution in [0.4, 0.5) is 0 Å². The van der Waals surface area contributed by atoms with Gasteiger partial charge in [-0.05, 0) is 76.9 Å². The zero-order valence-corrected chi connectivity index (χ0v) is 16.5. The molecule has 0 aliphatic carbocycles. The van der Waals surface area contributed by atoms with Crippen LogP contribution in [0.15, 0.2) is 18.2 Å². The Hall–Kier alpha value is -1.30. The fourth-order valence-corrected chi connectivity index (χ4v) is 4.11. The van der Waals surface area contributed by atoms with Gasteiger partial charge in [-0.15, -0.1) is 0 Å². The maximum absolute atomic E-state index is 10.2. The van der Waals surface area contributed by atoms with Crippen LogP contribution in [0.1, 0.15) is 45.1 Å². The van der Waals surface area contributed by atoms with Crippen molar-refractivity contribution in [2.24, 2.45) is 0 Å². The Morgan fingerprint density at radius 1 is 1.12 bits per heavy atom. The molecule has 1 aromatic rings. The largest absolute Gasteiger partial charge is 0.493 e. The molecule has 2 aliphatic heterocycles. The molecule has 5 heteroatoms. The Labute approximate surface area is 157 Å². The van der Waals surface area contributed by atoms with Crippen molar-refractivity contribution in [1.82, 2.24) is 9.80 Å². The lowest BCUT2D eigenvalue weighted by Gasteiger charge is -2.31. The zero-order chi connectivity index (χ0) is 18.6. The Morgan fingerprint density at radius 3 is 2.54 bits per heavy atom. The molecule has 26 heavy (non-hydrogen) atoms. The van der Waals surface area contributed by atoms with E-state index >= 15 is 0 Å². The molecule has 2 fully saturated rings. The van der Waals surface area contributed by atoms with Crippen LogP contribution < -0.4 is 9.47 Å². The second-order valence-electron chi connectivity index (χ2n) is 8.30. The van der Waals surface area contributed by atoms with Crippen LogP contribution in [-0.2, 0) is 6.54 Å². The number of likely N-dealkylation sites (tertiary alicyclic amines) is 2. The van der Waals surface area contributed by atoms with Crippen LogP contribution in [0, 0.1) is 0 Å². The molecule has 0 amide bonds. The van der Waals surface area contributed by atoms with Crippen molar-refractivity contribution in [3.63, 3.8) is 0 Å². The summed E-state index contributed by atoms with van der Waals surface area (Å²) in [4.78, 5) is 4.83. The Kier molecular flexibility index (Phi) is 6.43. The summed E-state index contributed by atoms with van der Waals surface area (Å²) in [5.41, 5.74) is 1.50. The monoisotopic (exact) mass is 362 g/mol. The summed E-state index contributed by atoms with van der Waals surface area (Å²) in [5, 5.41) is 10.2. The molecule has 5 nitrogen and oxygen atoms in total. The van der Waals surface area contributed by atoms with Gasteiger partial charge in [0.25, 0.3) is 0 Å². The molecule has 2 heterocycles. The van der Waals surface area contributed by atoms with Gasteiger partial charge in [0.2, 0.25) is 0 Å². The number of β-amino-alcohol motifs (C(OH)–C–C–N with tert-alkyl or cyclic N) is 1. The molecule has 0 bridgehead atoms.